The van der Waals surface area contributed by atoms with Gasteiger partial charge in [0.1, 0.15) is 5.84 Å². The van der Waals surface area contributed by atoms with Crippen LogP contribution in [0.15, 0.2) is 24.3 Å². The molecule has 19 heavy (non-hydrogen) atoms. The highest BCUT2D eigenvalue weighted by Crippen LogP contribution is 2.17. The number of anilines is 1. The van der Waals surface area contributed by atoms with Crippen molar-refractivity contribution in [3.05, 3.63) is 29.8 Å². The van der Waals surface area contributed by atoms with Crippen LogP contribution in [0.2, 0.25) is 0 Å². The number of piperidine rings is 1. The summed E-state index contributed by atoms with van der Waals surface area (Å²) in [4.78, 5) is 13.9. The Morgan fingerprint density at radius 1 is 1.42 bits per heavy atom. The normalized spacial score (nSPS) is 16.2. The van der Waals surface area contributed by atoms with Gasteiger partial charge in [-0.2, -0.15) is 0 Å². The molecule has 0 atom stereocenters. The third-order valence-corrected chi connectivity index (χ3v) is 3.50. The monoisotopic (exact) mass is 260 g/mol. The van der Waals surface area contributed by atoms with E-state index < -0.39 is 0 Å². The van der Waals surface area contributed by atoms with Crippen LogP contribution in [0.5, 0.6) is 0 Å². The van der Waals surface area contributed by atoms with Gasteiger partial charge in [-0.25, -0.2) is 4.79 Å². The third-order valence-electron chi connectivity index (χ3n) is 3.50. The zero-order chi connectivity index (χ0) is 13.8. The maximum Gasteiger partial charge on any atom is 0.321 e. The van der Waals surface area contributed by atoms with Crippen molar-refractivity contribution in [1.29, 1.82) is 5.41 Å². The van der Waals surface area contributed by atoms with Gasteiger partial charge in [-0.15, -0.1) is 0 Å². The quantitative estimate of drug-likeness (QED) is 0.563. The van der Waals surface area contributed by atoms with Crippen LogP contribution in [0, 0.1) is 11.3 Å². The predicted molar refractivity (Wildman–Crippen MR) is 76.4 cm³/mol. The van der Waals surface area contributed by atoms with Crippen LogP contribution >= 0.6 is 0 Å². The van der Waals surface area contributed by atoms with Crippen LogP contribution in [0.3, 0.4) is 0 Å². The van der Waals surface area contributed by atoms with Crippen molar-refractivity contribution in [2.45, 2.75) is 19.8 Å². The lowest BCUT2D eigenvalue weighted by molar-refractivity contribution is 0.186. The second-order valence-corrected chi connectivity index (χ2v) is 5.09. The summed E-state index contributed by atoms with van der Waals surface area (Å²) in [6, 6.07) is 6.97. The number of urea groups is 1. The molecule has 0 spiro atoms. The summed E-state index contributed by atoms with van der Waals surface area (Å²) in [6.07, 6.45) is 2.11. The molecule has 0 unspecified atom stereocenters. The van der Waals surface area contributed by atoms with Gasteiger partial charge >= 0.3 is 6.03 Å². The molecule has 102 valence electrons. The molecular weight excluding hydrogens is 240 g/mol. The Hall–Kier alpha value is -2.04. The van der Waals surface area contributed by atoms with Crippen molar-refractivity contribution in [3.63, 3.8) is 0 Å². The van der Waals surface area contributed by atoms with Gasteiger partial charge in [0.2, 0.25) is 0 Å². The molecule has 1 saturated heterocycles. The van der Waals surface area contributed by atoms with Crippen molar-refractivity contribution in [1.82, 2.24) is 4.90 Å². The number of hydrogen-bond donors (Lipinski definition) is 3. The Morgan fingerprint density at radius 2 is 2.11 bits per heavy atom. The fraction of sp³-hybridized carbons (Fsp3) is 0.429. The maximum atomic E-state index is 12.1. The lowest BCUT2D eigenvalue weighted by atomic mass is 10.00. The molecule has 5 nitrogen and oxygen atoms in total. The van der Waals surface area contributed by atoms with E-state index in [1.165, 1.54) is 0 Å². The number of amidine groups is 1. The summed E-state index contributed by atoms with van der Waals surface area (Å²) in [5.74, 6) is 0.702. The summed E-state index contributed by atoms with van der Waals surface area (Å²) < 4.78 is 0. The van der Waals surface area contributed by atoms with Gasteiger partial charge in [-0.1, -0.05) is 19.1 Å². The van der Waals surface area contributed by atoms with Crippen molar-refractivity contribution in [2.75, 3.05) is 18.4 Å². The standard InChI is InChI=1S/C14H20N4O/c1-10-5-7-18(8-6-10)14(19)17-12-4-2-3-11(9-12)13(15)16/h2-4,9-10H,5-8H2,1H3,(H3,15,16)(H,17,19). The molecule has 0 aliphatic carbocycles. The number of nitrogens with one attached hydrogen (secondary N) is 2. The van der Waals surface area contributed by atoms with Crippen LogP contribution in [0.25, 0.3) is 0 Å². The SMILES string of the molecule is CC1CCN(C(=O)Nc2cccc(C(=N)N)c2)CC1. The molecule has 2 amide bonds. The lowest BCUT2D eigenvalue weighted by Crippen LogP contribution is -2.40. The summed E-state index contributed by atoms with van der Waals surface area (Å²) in [7, 11) is 0. The molecule has 1 heterocycles. The number of amides is 2. The predicted octanol–water partition coefficient (Wildman–Crippen LogP) is 2.23. The second kappa shape index (κ2) is 5.73. The van der Waals surface area contributed by atoms with Crippen molar-refractivity contribution in [2.24, 2.45) is 11.7 Å². The Balaban J connectivity index is 1.98. The highest BCUT2D eigenvalue weighted by Gasteiger charge is 2.20. The number of nitrogen functional groups attached to an aromatic ring is 1. The minimum absolute atomic E-state index is 0.00268. The first-order chi connectivity index (χ1) is 9.06. The van der Waals surface area contributed by atoms with Crippen molar-refractivity contribution >= 4 is 17.6 Å². The molecule has 1 fully saturated rings. The number of nitrogens with zero attached hydrogens (tertiary/aromatic N) is 1. The molecule has 4 N–H and O–H groups in total. The molecule has 0 radical (unpaired) electrons. The molecule has 0 saturated carbocycles. The van der Waals surface area contributed by atoms with Gasteiger partial charge in [0.05, 0.1) is 0 Å². The number of hydrogen-bond acceptors (Lipinski definition) is 2. The first-order valence-electron chi connectivity index (χ1n) is 6.56. The van der Waals surface area contributed by atoms with Gasteiger partial charge in [-0.3, -0.25) is 5.41 Å². The van der Waals surface area contributed by atoms with Gasteiger partial charge in [0, 0.05) is 24.3 Å². The van der Waals surface area contributed by atoms with E-state index in [1.54, 1.807) is 24.3 Å². The van der Waals surface area contributed by atoms with E-state index in [0.29, 0.717) is 17.2 Å². The van der Waals surface area contributed by atoms with E-state index in [2.05, 4.69) is 12.2 Å². The van der Waals surface area contributed by atoms with Crippen LogP contribution in [0.4, 0.5) is 10.5 Å². The van der Waals surface area contributed by atoms with E-state index in [1.807, 2.05) is 4.90 Å². The zero-order valence-corrected chi connectivity index (χ0v) is 11.1. The molecular formula is C14H20N4O. The third kappa shape index (κ3) is 3.47. The fourth-order valence-corrected chi connectivity index (χ4v) is 2.18. The van der Waals surface area contributed by atoms with E-state index in [-0.39, 0.29) is 11.9 Å². The second-order valence-electron chi connectivity index (χ2n) is 5.09. The van der Waals surface area contributed by atoms with Crippen LogP contribution in [-0.4, -0.2) is 29.9 Å². The lowest BCUT2D eigenvalue weighted by Gasteiger charge is -2.30. The smallest absolute Gasteiger partial charge is 0.321 e. The van der Waals surface area contributed by atoms with Crippen LogP contribution in [-0.2, 0) is 0 Å². The number of carbonyl (C=O) groups is 1. The van der Waals surface area contributed by atoms with E-state index in [0.717, 1.165) is 25.9 Å². The van der Waals surface area contributed by atoms with Crippen molar-refractivity contribution in [3.8, 4) is 0 Å². The largest absolute Gasteiger partial charge is 0.384 e. The van der Waals surface area contributed by atoms with Crippen LogP contribution in [0.1, 0.15) is 25.3 Å². The number of likely N-dealkylation sites (tertiary alicyclic amines) is 1. The average molecular weight is 260 g/mol. The minimum Gasteiger partial charge on any atom is -0.384 e. The molecule has 5 heteroatoms. The van der Waals surface area contributed by atoms with E-state index >= 15 is 0 Å². The molecule has 1 aromatic rings. The summed E-state index contributed by atoms with van der Waals surface area (Å²) in [5, 5.41) is 10.2. The Labute approximate surface area is 113 Å². The highest BCUT2D eigenvalue weighted by atomic mass is 16.2. The Morgan fingerprint density at radius 3 is 2.74 bits per heavy atom. The summed E-state index contributed by atoms with van der Waals surface area (Å²) in [5.41, 5.74) is 6.72. The first kappa shape index (κ1) is 13.4. The molecule has 0 aromatic heterocycles. The zero-order valence-electron chi connectivity index (χ0n) is 11.1. The summed E-state index contributed by atoms with van der Waals surface area (Å²) in [6.45, 7) is 3.82. The fourth-order valence-electron chi connectivity index (χ4n) is 2.18. The molecule has 1 aliphatic rings. The topological polar surface area (TPSA) is 82.2 Å². The Kier molecular flexibility index (Phi) is 4.04. The number of benzene rings is 1. The molecule has 0 bridgehead atoms. The Bertz CT molecular complexity index is 478. The van der Waals surface area contributed by atoms with E-state index in [4.69, 9.17) is 11.1 Å². The number of rotatable bonds is 2. The van der Waals surface area contributed by atoms with E-state index in [9.17, 15) is 4.79 Å². The number of nitrogens with two attached hydrogens (primary N) is 1. The van der Waals surface area contributed by atoms with Crippen LogP contribution < -0.4 is 11.1 Å². The van der Waals surface area contributed by atoms with Gasteiger partial charge in [0.25, 0.3) is 0 Å². The van der Waals surface area contributed by atoms with Gasteiger partial charge in [-0.05, 0) is 30.9 Å². The summed E-state index contributed by atoms with van der Waals surface area (Å²) >= 11 is 0. The maximum absolute atomic E-state index is 12.1. The highest BCUT2D eigenvalue weighted by molar-refractivity contribution is 5.97. The first-order valence-corrected chi connectivity index (χ1v) is 6.56. The molecule has 2 rings (SSSR count). The minimum atomic E-state index is -0.0763. The van der Waals surface area contributed by atoms with Crippen molar-refractivity contribution < 1.29 is 4.79 Å². The molecule has 1 aromatic carbocycles. The van der Waals surface area contributed by atoms with Gasteiger partial charge in [0.15, 0.2) is 0 Å². The molecule has 1 aliphatic heterocycles. The number of carbonyl (C=O) groups excluding carboxylic acids is 1. The van der Waals surface area contributed by atoms with Gasteiger partial charge < -0.3 is 16.0 Å². The average Bonchev–Trinajstić information content (AvgIpc) is 2.39.